The molecule has 1 fully saturated rings. The van der Waals surface area contributed by atoms with Gasteiger partial charge in [0, 0.05) is 19.6 Å². The van der Waals surface area contributed by atoms with Gasteiger partial charge < -0.3 is 10.2 Å². The molecule has 0 aromatic carbocycles. The molecule has 1 unspecified atom stereocenters. The van der Waals surface area contributed by atoms with Crippen molar-refractivity contribution in [3.05, 3.63) is 0 Å². The SMILES string of the molecule is CN=C(NN)NC(C)CN1CCCC1. The summed E-state index contributed by atoms with van der Waals surface area (Å²) < 4.78 is 0. The van der Waals surface area contributed by atoms with Crippen LogP contribution in [0.4, 0.5) is 0 Å². The van der Waals surface area contributed by atoms with E-state index in [2.05, 4.69) is 27.6 Å². The summed E-state index contributed by atoms with van der Waals surface area (Å²) in [4.78, 5) is 6.43. The number of likely N-dealkylation sites (tertiary alicyclic amines) is 1. The molecule has 1 heterocycles. The van der Waals surface area contributed by atoms with Crippen LogP contribution in [0.15, 0.2) is 4.99 Å². The number of hydrogen-bond donors (Lipinski definition) is 3. The van der Waals surface area contributed by atoms with Gasteiger partial charge in [0.05, 0.1) is 0 Å². The molecule has 4 N–H and O–H groups in total. The highest BCUT2D eigenvalue weighted by Crippen LogP contribution is 2.07. The first-order valence-electron chi connectivity index (χ1n) is 5.18. The van der Waals surface area contributed by atoms with Crippen LogP contribution >= 0.6 is 0 Å². The molecule has 0 aliphatic carbocycles. The Balaban J connectivity index is 2.23. The first-order chi connectivity index (χ1) is 6.76. The summed E-state index contributed by atoms with van der Waals surface area (Å²) in [5, 5.41) is 3.22. The summed E-state index contributed by atoms with van der Waals surface area (Å²) in [6, 6.07) is 0.378. The third-order valence-electron chi connectivity index (χ3n) is 2.47. The maximum absolute atomic E-state index is 5.28. The molecule has 0 aromatic heterocycles. The van der Waals surface area contributed by atoms with Crippen molar-refractivity contribution in [3.63, 3.8) is 0 Å². The Hall–Kier alpha value is -0.810. The highest BCUT2D eigenvalue weighted by atomic mass is 15.3. The average molecular weight is 199 g/mol. The van der Waals surface area contributed by atoms with Gasteiger partial charge in [-0.15, -0.1) is 0 Å². The number of aliphatic imine (C=N–C) groups is 1. The highest BCUT2D eigenvalue weighted by molar-refractivity contribution is 5.79. The topological polar surface area (TPSA) is 65.7 Å². The van der Waals surface area contributed by atoms with Crippen LogP contribution in [0, 0.1) is 0 Å². The molecule has 0 radical (unpaired) electrons. The quantitative estimate of drug-likeness (QED) is 0.248. The number of guanidine groups is 1. The first-order valence-corrected chi connectivity index (χ1v) is 5.18. The van der Waals surface area contributed by atoms with Gasteiger partial charge in [-0.05, 0) is 32.9 Å². The molecule has 0 bridgehead atoms. The molecule has 0 spiro atoms. The van der Waals surface area contributed by atoms with Gasteiger partial charge in [0.15, 0.2) is 0 Å². The Morgan fingerprint density at radius 2 is 2.14 bits per heavy atom. The zero-order chi connectivity index (χ0) is 10.4. The lowest BCUT2D eigenvalue weighted by atomic mass is 10.3. The summed E-state index contributed by atoms with van der Waals surface area (Å²) in [6.45, 7) is 5.64. The van der Waals surface area contributed by atoms with Crippen LogP contribution in [0.1, 0.15) is 19.8 Å². The van der Waals surface area contributed by atoms with Crippen molar-refractivity contribution in [2.75, 3.05) is 26.7 Å². The lowest BCUT2D eigenvalue weighted by molar-refractivity contribution is 0.311. The minimum absolute atomic E-state index is 0.378. The molecule has 0 amide bonds. The van der Waals surface area contributed by atoms with Crippen LogP contribution in [0.3, 0.4) is 0 Å². The van der Waals surface area contributed by atoms with E-state index in [0.717, 1.165) is 6.54 Å². The number of hydrazine groups is 1. The molecule has 14 heavy (non-hydrogen) atoms. The second kappa shape index (κ2) is 5.82. The van der Waals surface area contributed by atoms with Crippen LogP contribution in [0.5, 0.6) is 0 Å². The van der Waals surface area contributed by atoms with Gasteiger partial charge in [0.1, 0.15) is 0 Å². The summed E-state index contributed by atoms with van der Waals surface area (Å²) in [6.07, 6.45) is 2.66. The summed E-state index contributed by atoms with van der Waals surface area (Å²) in [7, 11) is 1.71. The Morgan fingerprint density at radius 3 is 2.64 bits per heavy atom. The zero-order valence-corrected chi connectivity index (χ0v) is 9.08. The highest BCUT2D eigenvalue weighted by Gasteiger charge is 2.14. The van der Waals surface area contributed by atoms with E-state index in [1.54, 1.807) is 7.05 Å². The third kappa shape index (κ3) is 3.51. The second-order valence-electron chi connectivity index (χ2n) is 3.77. The van der Waals surface area contributed by atoms with Crippen LogP contribution in [-0.4, -0.2) is 43.6 Å². The van der Waals surface area contributed by atoms with Gasteiger partial charge in [0.2, 0.25) is 5.96 Å². The van der Waals surface area contributed by atoms with Crippen molar-refractivity contribution in [1.82, 2.24) is 15.6 Å². The van der Waals surface area contributed by atoms with Crippen molar-refractivity contribution in [2.45, 2.75) is 25.8 Å². The van der Waals surface area contributed by atoms with Crippen LogP contribution in [0.25, 0.3) is 0 Å². The van der Waals surface area contributed by atoms with Crippen molar-refractivity contribution in [2.24, 2.45) is 10.8 Å². The number of nitrogens with two attached hydrogens (primary N) is 1. The van der Waals surface area contributed by atoms with Crippen LogP contribution in [-0.2, 0) is 0 Å². The molecule has 1 aliphatic rings. The van der Waals surface area contributed by atoms with Crippen LogP contribution in [0.2, 0.25) is 0 Å². The van der Waals surface area contributed by atoms with Gasteiger partial charge >= 0.3 is 0 Å². The zero-order valence-electron chi connectivity index (χ0n) is 9.08. The maximum Gasteiger partial charge on any atom is 0.205 e. The fourth-order valence-corrected chi connectivity index (χ4v) is 1.80. The number of rotatable bonds is 3. The van der Waals surface area contributed by atoms with Crippen molar-refractivity contribution >= 4 is 5.96 Å². The molecule has 1 aliphatic heterocycles. The Bertz CT molecular complexity index is 186. The van der Waals surface area contributed by atoms with E-state index in [9.17, 15) is 0 Å². The molecular formula is C9H21N5. The Morgan fingerprint density at radius 1 is 1.50 bits per heavy atom. The molecule has 1 atom stereocenters. The molecule has 1 saturated heterocycles. The fourth-order valence-electron chi connectivity index (χ4n) is 1.80. The largest absolute Gasteiger partial charge is 0.352 e. The lowest BCUT2D eigenvalue weighted by Crippen LogP contribution is -2.48. The van der Waals surface area contributed by atoms with Gasteiger partial charge in [-0.3, -0.25) is 10.4 Å². The minimum Gasteiger partial charge on any atom is -0.352 e. The van der Waals surface area contributed by atoms with E-state index >= 15 is 0 Å². The average Bonchev–Trinajstić information content (AvgIpc) is 2.66. The fraction of sp³-hybridized carbons (Fsp3) is 0.889. The third-order valence-corrected chi connectivity index (χ3v) is 2.47. The monoisotopic (exact) mass is 199 g/mol. The first kappa shape index (κ1) is 11.3. The van der Waals surface area contributed by atoms with Gasteiger partial charge in [-0.2, -0.15) is 0 Å². The second-order valence-corrected chi connectivity index (χ2v) is 3.77. The molecule has 5 heteroatoms. The minimum atomic E-state index is 0.378. The van der Waals surface area contributed by atoms with Crippen molar-refractivity contribution in [3.8, 4) is 0 Å². The Kier molecular flexibility index (Phi) is 4.69. The van der Waals surface area contributed by atoms with Gasteiger partial charge in [0.25, 0.3) is 0 Å². The van der Waals surface area contributed by atoms with E-state index in [0.29, 0.717) is 12.0 Å². The molecule has 0 aromatic rings. The van der Waals surface area contributed by atoms with E-state index in [1.165, 1.54) is 25.9 Å². The lowest BCUT2D eigenvalue weighted by Gasteiger charge is -2.22. The number of hydrogen-bond acceptors (Lipinski definition) is 3. The van der Waals surface area contributed by atoms with Gasteiger partial charge in [-0.25, -0.2) is 5.84 Å². The summed E-state index contributed by atoms with van der Waals surface area (Å²) >= 11 is 0. The van der Waals surface area contributed by atoms with E-state index in [1.807, 2.05) is 0 Å². The predicted molar refractivity (Wildman–Crippen MR) is 59.0 cm³/mol. The summed E-state index contributed by atoms with van der Waals surface area (Å²) in [5.41, 5.74) is 2.53. The number of nitrogens with zero attached hydrogens (tertiary/aromatic N) is 2. The molecule has 82 valence electrons. The molecule has 1 rings (SSSR count). The normalized spacial score (nSPS) is 20.9. The van der Waals surface area contributed by atoms with E-state index in [-0.39, 0.29) is 0 Å². The van der Waals surface area contributed by atoms with Crippen molar-refractivity contribution < 1.29 is 0 Å². The van der Waals surface area contributed by atoms with E-state index < -0.39 is 0 Å². The number of nitrogens with one attached hydrogen (secondary N) is 2. The Labute approximate surface area is 85.7 Å². The molecule has 5 nitrogen and oxygen atoms in total. The van der Waals surface area contributed by atoms with Crippen molar-refractivity contribution in [1.29, 1.82) is 0 Å². The summed E-state index contributed by atoms with van der Waals surface area (Å²) in [5.74, 6) is 5.93. The van der Waals surface area contributed by atoms with Crippen LogP contribution < -0.4 is 16.6 Å². The van der Waals surface area contributed by atoms with Gasteiger partial charge in [-0.1, -0.05) is 0 Å². The predicted octanol–water partition coefficient (Wildman–Crippen LogP) is -0.491. The standard InChI is InChI=1S/C9H21N5/c1-8(12-9(11-2)13-10)7-14-5-3-4-6-14/h8H,3-7,10H2,1-2H3,(H2,11,12,13). The van der Waals surface area contributed by atoms with E-state index in [4.69, 9.17) is 5.84 Å². The molecule has 0 saturated carbocycles. The smallest absolute Gasteiger partial charge is 0.205 e. The molecular weight excluding hydrogens is 178 g/mol. The maximum atomic E-state index is 5.28.